The highest BCUT2D eigenvalue weighted by Gasteiger charge is 2.12. The number of amides is 1. The van der Waals surface area contributed by atoms with Crippen LogP contribution in [-0.2, 0) is 28.2 Å². The van der Waals surface area contributed by atoms with E-state index in [4.69, 9.17) is 15.7 Å². The first-order chi connectivity index (χ1) is 13.7. The molecule has 0 aliphatic heterocycles. The summed E-state index contributed by atoms with van der Waals surface area (Å²) >= 11 is 0. The van der Waals surface area contributed by atoms with Crippen LogP contribution >= 0.6 is 0 Å². The Labute approximate surface area is 166 Å². The van der Waals surface area contributed by atoms with E-state index in [9.17, 15) is 23.3 Å². The number of non-ortho nitro benzene ring substituents is 1. The molecule has 11 heteroatoms. The highest BCUT2D eigenvalue weighted by Crippen LogP contribution is 2.22. The molecule has 0 saturated heterocycles. The number of anilines is 1. The number of carbonyl (C=O) groups excluding carboxylic acids is 1. The van der Waals surface area contributed by atoms with E-state index in [0.29, 0.717) is 29.7 Å². The molecule has 0 fully saturated rings. The van der Waals surface area contributed by atoms with Gasteiger partial charge in [0.2, 0.25) is 0 Å². The average molecular weight is 420 g/mol. The summed E-state index contributed by atoms with van der Waals surface area (Å²) < 4.78 is 40.0. The van der Waals surface area contributed by atoms with E-state index in [1.54, 1.807) is 0 Å². The van der Waals surface area contributed by atoms with Crippen molar-refractivity contribution in [3.05, 3.63) is 63.7 Å². The van der Waals surface area contributed by atoms with E-state index >= 15 is 0 Å². The van der Waals surface area contributed by atoms with Gasteiger partial charge in [-0.3, -0.25) is 20.0 Å². The number of hydrogen-bond donors (Lipinski definition) is 2. The van der Waals surface area contributed by atoms with Gasteiger partial charge >= 0.3 is 16.5 Å². The van der Waals surface area contributed by atoms with Crippen LogP contribution in [0.2, 0.25) is 0 Å². The monoisotopic (exact) mass is 420 g/mol. The second-order valence-electron chi connectivity index (χ2n) is 5.65. The molecule has 0 heterocycles. The fourth-order valence-electron chi connectivity index (χ4n) is 2.32. The summed E-state index contributed by atoms with van der Waals surface area (Å²) in [5.41, 5.74) is 1.33. The van der Waals surface area contributed by atoms with Gasteiger partial charge < -0.3 is 8.92 Å². The molecule has 0 unspecified atom stereocenters. The zero-order valence-electron chi connectivity index (χ0n) is 14.9. The van der Waals surface area contributed by atoms with Gasteiger partial charge in [0.1, 0.15) is 12.4 Å². The number of nitrogens with one attached hydrogen (secondary N) is 1. The van der Waals surface area contributed by atoms with Gasteiger partial charge in [0.25, 0.3) is 5.69 Å². The summed E-state index contributed by atoms with van der Waals surface area (Å²) in [6.07, 6.45) is 5.16. The molecular formula is C18H16N2O8S. The van der Waals surface area contributed by atoms with Crippen molar-refractivity contribution in [1.82, 2.24) is 0 Å². The van der Waals surface area contributed by atoms with Gasteiger partial charge in [-0.1, -0.05) is 6.07 Å². The van der Waals surface area contributed by atoms with Crippen molar-refractivity contribution in [2.45, 2.75) is 19.4 Å². The summed E-state index contributed by atoms with van der Waals surface area (Å²) in [5.74, 6) is 2.33. The number of hydrogen-bond acceptors (Lipinski definition) is 7. The lowest BCUT2D eigenvalue weighted by Gasteiger charge is -2.12. The molecule has 0 bridgehead atoms. The van der Waals surface area contributed by atoms with E-state index in [1.165, 1.54) is 42.5 Å². The van der Waals surface area contributed by atoms with Crippen LogP contribution in [0.25, 0.3) is 0 Å². The molecule has 2 aromatic rings. The second-order valence-corrected chi connectivity index (χ2v) is 6.67. The number of nitro benzene ring substituents is 1. The lowest BCUT2D eigenvalue weighted by atomic mass is 10.0. The summed E-state index contributed by atoms with van der Waals surface area (Å²) in [6.45, 7) is -0.148. The van der Waals surface area contributed by atoms with Gasteiger partial charge in [-0.15, -0.1) is 12.3 Å². The Balaban J connectivity index is 2.04. The van der Waals surface area contributed by atoms with Crippen LogP contribution in [0.4, 0.5) is 16.2 Å². The topological polar surface area (TPSA) is 145 Å². The van der Waals surface area contributed by atoms with Crippen molar-refractivity contribution >= 4 is 27.9 Å². The van der Waals surface area contributed by atoms with Crippen molar-refractivity contribution in [1.29, 1.82) is 0 Å². The lowest BCUT2D eigenvalue weighted by molar-refractivity contribution is -0.384. The number of aryl methyl sites for hydroxylation is 1. The van der Waals surface area contributed by atoms with Crippen molar-refractivity contribution in [2.24, 2.45) is 0 Å². The van der Waals surface area contributed by atoms with Gasteiger partial charge in [-0.25, -0.2) is 4.79 Å². The van der Waals surface area contributed by atoms with Gasteiger partial charge in [0.05, 0.1) is 4.92 Å². The van der Waals surface area contributed by atoms with Crippen LogP contribution in [0.15, 0.2) is 42.5 Å². The molecular weight excluding hydrogens is 404 g/mol. The van der Waals surface area contributed by atoms with Gasteiger partial charge in [-0.05, 0) is 41.8 Å². The smallest absolute Gasteiger partial charge is 0.444 e. The van der Waals surface area contributed by atoms with Crippen LogP contribution in [-0.4, -0.2) is 24.0 Å². The highest BCUT2D eigenvalue weighted by molar-refractivity contribution is 7.81. The first-order valence-corrected chi connectivity index (χ1v) is 9.45. The van der Waals surface area contributed by atoms with Crippen molar-refractivity contribution < 1.29 is 31.6 Å². The normalized spacial score (nSPS) is 10.6. The Morgan fingerprint density at radius 1 is 1.21 bits per heavy atom. The first kappa shape index (κ1) is 21.7. The maximum atomic E-state index is 11.9. The Hall–Kier alpha value is -3.62. The Morgan fingerprint density at radius 3 is 2.48 bits per heavy atom. The first-order valence-electron chi connectivity index (χ1n) is 8.08. The average Bonchev–Trinajstić information content (AvgIpc) is 2.64. The molecule has 0 aliphatic carbocycles. The zero-order chi connectivity index (χ0) is 21.4. The minimum atomic E-state index is -4.67. The molecule has 0 aromatic heterocycles. The molecule has 0 atom stereocenters. The number of carbonyl (C=O) groups is 1. The molecule has 0 saturated carbocycles. The number of rotatable bonds is 8. The summed E-state index contributed by atoms with van der Waals surface area (Å²) in [4.78, 5) is 22.0. The van der Waals surface area contributed by atoms with E-state index in [1.807, 2.05) is 0 Å². The van der Waals surface area contributed by atoms with Crippen LogP contribution in [0.3, 0.4) is 0 Å². The fourth-order valence-corrected chi connectivity index (χ4v) is 2.67. The predicted octanol–water partition coefficient (Wildman–Crippen LogP) is 3.09. The number of ether oxygens (including phenoxy) is 1. The molecule has 1 amide bonds. The van der Waals surface area contributed by atoms with Crippen molar-refractivity contribution in [2.75, 3.05) is 5.32 Å². The standard InChI is InChI=1S/C18H16N2O8S/c1-2-3-4-13-11-17(28-29(24,25)26)10-5-14(13)12-27-18(21)19-15-6-8-16(9-7-15)20(22)23/h1,5-11H,3-4,12H2,(H,19,21)(H,24,25,26). The highest BCUT2D eigenvalue weighted by atomic mass is 32.3. The third-order valence-electron chi connectivity index (χ3n) is 3.60. The largest absolute Gasteiger partial charge is 0.446 e. The molecule has 2 N–H and O–H groups in total. The summed E-state index contributed by atoms with van der Waals surface area (Å²) in [7, 11) is -4.67. The Bertz CT molecular complexity index is 1040. The van der Waals surface area contributed by atoms with Crippen LogP contribution in [0.1, 0.15) is 17.5 Å². The zero-order valence-corrected chi connectivity index (χ0v) is 15.7. The summed E-state index contributed by atoms with van der Waals surface area (Å²) in [5, 5.41) is 13.1. The number of terminal acetylenes is 1. The van der Waals surface area contributed by atoms with Gasteiger partial charge in [0.15, 0.2) is 0 Å². The third-order valence-corrected chi connectivity index (χ3v) is 4.00. The molecule has 2 rings (SSSR count). The molecule has 10 nitrogen and oxygen atoms in total. The van der Waals surface area contributed by atoms with E-state index in [2.05, 4.69) is 15.4 Å². The van der Waals surface area contributed by atoms with Crippen LogP contribution < -0.4 is 9.50 Å². The molecule has 2 aromatic carbocycles. The molecule has 29 heavy (non-hydrogen) atoms. The summed E-state index contributed by atoms with van der Waals surface area (Å²) in [6, 6.07) is 9.34. The lowest BCUT2D eigenvalue weighted by Crippen LogP contribution is -2.14. The van der Waals surface area contributed by atoms with Crippen LogP contribution in [0, 0.1) is 22.5 Å². The van der Waals surface area contributed by atoms with Crippen molar-refractivity contribution in [3.8, 4) is 18.1 Å². The van der Waals surface area contributed by atoms with E-state index < -0.39 is 21.4 Å². The van der Waals surface area contributed by atoms with Gasteiger partial charge in [0, 0.05) is 24.2 Å². The third kappa shape index (κ3) is 7.13. The SMILES string of the molecule is C#CCCc1cc(OS(=O)(=O)O)ccc1COC(=O)Nc1ccc([N+](=O)[O-])cc1. The quantitative estimate of drug-likeness (QED) is 0.287. The number of nitrogens with zero attached hydrogens (tertiary/aromatic N) is 1. The fraction of sp³-hybridized carbons (Fsp3) is 0.167. The molecule has 0 spiro atoms. The molecule has 152 valence electrons. The molecule has 0 radical (unpaired) electrons. The Kier molecular flexibility index (Phi) is 7.13. The second kappa shape index (κ2) is 9.54. The number of nitro groups is 1. The minimum absolute atomic E-state index is 0.112. The van der Waals surface area contributed by atoms with Crippen LogP contribution in [0.5, 0.6) is 5.75 Å². The Morgan fingerprint density at radius 2 is 1.90 bits per heavy atom. The number of benzene rings is 2. The van der Waals surface area contributed by atoms with Crippen molar-refractivity contribution in [3.63, 3.8) is 0 Å². The maximum absolute atomic E-state index is 11.9. The van der Waals surface area contributed by atoms with E-state index in [0.717, 1.165) is 0 Å². The predicted molar refractivity (Wildman–Crippen MR) is 103 cm³/mol. The van der Waals surface area contributed by atoms with Gasteiger partial charge in [-0.2, -0.15) is 8.42 Å². The molecule has 0 aliphatic rings. The van der Waals surface area contributed by atoms with E-state index in [-0.39, 0.29) is 18.0 Å². The maximum Gasteiger partial charge on any atom is 0.446 e. The minimum Gasteiger partial charge on any atom is -0.444 e.